The predicted molar refractivity (Wildman–Crippen MR) is 142 cm³/mol. The summed E-state index contributed by atoms with van der Waals surface area (Å²) in [6.45, 7) is 6.96. The van der Waals surface area contributed by atoms with Crippen molar-refractivity contribution in [2.45, 2.75) is 19.2 Å². The Labute approximate surface area is 208 Å². The number of nitrogens with zero attached hydrogens (tertiary/aromatic N) is 3. The highest BCUT2D eigenvalue weighted by Gasteiger charge is 2.21. The Hall–Kier alpha value is -2.01. The smallest absolute Gasteiger partial charge is 0.194 e. The Morgan fingerprint density at radius 3 is 2.25 bits per heavy atom. The topological polar surface area (TPSA) is 74.2 Å². The van der Waals surface area contributed by atoms with Gasteiger partial charge in [-0.1, -0.05) is 36.4 Å². The van der Waals surface area contributed by atoms with E-state index in [4.69, 9.17) is 9.73 Å². The molecule has 0 aliphatic carbocycles. The second-order valence-corrected chi connectivity index (χ2v) is 9.84. The maximum atomic E-state index is 11.5. The van der Waals surface area contributed by atoms with Gasteiger partial charge in [-0.15, -0.1) is 24.0 Å². The highest BCUT2D eigenvalue weighted by molar-refractivity contribution is 14.0. The lowest BCUT2D eigenvalue weighted by molar-refractivity contribution is 0.367. The monoisotopic (exact) mass is 572 g/mol. The van der Waals surface area contributed by atoms with Crippen LogP contribution in [0.3, 0.4) is 0 Å². The fourth-order valence-corrected chi connectivity index (χ4v) is 4.48. The molecule has 1 saturated heterocycles. The predicted octanol–water partition coefficient (Wildman–Crippen LogP) is 3.15. The van der Waals surface area contributed by atoms with Crippen LogP contribution in [0.5, 0.6) is 5.75 Å². The molecule has 1 fully saturated rings. The van der Waals surface area contributed by atoms with E-state index in [2.05, 4.69) is 28.1 Å². The minimum Gasteiger partial charge on any atom is -0.495 e. The first-order valence-electron chi connectivity index (χ1n) is 10.6. The Morgan fingerprint density at radius 1 is 1.03 bits per heavy atom. The summed E-state index contributed by atoms with van der Waals surface area (Å²) in [5.41, 5.74) is 2.98. The van der Waals surface area contributed by atoms with Crippen molar-refractivity contribution in [2.75, 3.05) is 51.0 Å². The number of hydrogen-bond donors (Lipinski definition) is 1. The number of nitrogens with one attached hydrogen (secondary N) is 1. The van der Waals surface area contributed by atoms with Gasteiger partial charge in [0, 0.05) is 39.0 Å². The van der Waals surface area contributed by atoms with Gasteiger partial charge in [0.1, 0.15) is 5.75 Å². The maximum absolute atomic E-state index is 11.5. The lowest BCUT2D eigenvalue weighted by Gasteiger charge is -2.38. The summed E-state index contributed by atoms with van der Waals surface area (Å²) in [5.74, 6) is 1.87. The van der Waals surface area contributed by atoms with Gasteiger partial charge in [-0.05, 0) is 30.2 Å². The normalized spacial score (nSPS) is 14.7. The van der Waals surface area contributed by atoms with Crippen LogP contribution in [0.15, 0.2) is 53.5 Å². The number of rotatable bonds is 7. The van der Waals surface area contributed by atoms with Gasteiger partial charge >= 0.3 is 0 Å². The second kappa shape index (κ2) is 12.3. The quantitative estimate of drug-likeness (QED) is 0.312. The molecular formula is C23H33IN4O3S. The van der Waals surface area contributed by atoms with E-state index in [0.29, 0.717) is 6.54 Å². The molecule has 1 heterocycles. The van der Waals surface area contributed by atoms with Gasteiger partial charge in [0.05, 0.1) is 25.1 Å². The zero-order valence-electron chi connectivity index (χ0n) is 19.0. The number of piperazine rings is 1. The molecule has 1 N–H and O–H groups in total. The largest absolute Gasteiger partial charge is 0.495 e. The highest BCUT2D eigenvalue weighted by atomic mass is 127. The summed E-state index contributed by atoms with van der Waals surface area (Å²) in [4.78, 5) is 9.44. The lowest BCUT2D eigenvalue weighted by Crippen LogP contribution is -2.52. The number of halogens is 1. The molecule has 1 aliphatic rings. The van der Waals surface area contributed by atoms with E-state index in [1.165, 1.54) is 6.26 Å². The van der Waals surface area contributed by atoms with E-state index in [-0.39, 0.29) is 29.7 Å². The van der Waals surface area contributed by atoms with Crippen molar-refractivity contribution < 1.29 is 13.2 Å². The third-order valence-corrected chi connectivity index (χ3v) is 6.06. The molecule has 2 aromatic carbocycles. The molecule has 0 aromatic heterocycles. The summed E-state index contributed by atoms with van der Waals surface area (Å²) >= 11 is 0. The van der Waals surface area contributed by atoms with Crippen LogP contribution in [0, 0.1) is 0 Å². The Kier molecular flexibility index (Phi) is 10.1. The number of ether oxygens (including phenoxy) is 1. The number of benzene rings is 2. The number of methoxy groups -OCH3 is 1. The van der Waals surface area contributed by atoms with Crippen molar-refractivity contribution in [1.82, 2.24) is 10.2 Å². The summed E-state index contributed by atoms with van der Waals surface area (Å²) in [6, 6.07) is 15.8. The number of hydrogen-bond acceptors (Lipinski definition) is 5. The van der Waals surface area contributed by atoms with Gasteiger partial charge in [-0.2, -0.15) is 0 Å². The first-order chi connectivity index (χ1) is 14.9. The first kappa shape index (κ1) is 26.2. The van der Waals surface area contributed by atoms with Crippen LogP contribution in [-0.2, 0) is 22.1 Å². The molecule has 176 valence electrons. The number of para-hydroxylation sites is 2. The molecule has 0 atom stereocenters. The molecule has 0 spiro atoms. The van der Waals surface area contributed by atoms with Crippen LogP contribution >= 0.6 is 24.0 Å². The molecule has 0 unspecified atom stereocenters. The van der Waals surface area contributed by atoms with Crippen molar-refractivity contribution >= 4 is 45.5 Å². The fourth-order valence-electron chi connectivity index (χ4n) is 3.69. The van der Waals surface area contributed by atoms with Crippen molar-refractivity contribution in [2.24, 2.45) is 4.99 Å². The van der Waals surface area contributed by atoms with Crippen molar-refractivity contribution in [3.63, 3.8) is 0 Å². The minimum absolute atomic E-state index is 0. The van der Waals surface area contributed by atoms with Gasteiger partial charge in [0.25, 0.3) is 0 Å². The van der Waals surface area contributed by atoms with E-state index < -0.39 is 9.84 Å². The van der Waals surface area contributed by atoms with Crippen LogP contribution in [0.2, 0.25) is 0 Å². The highest BCUT2D eigenvalue weighted by Crippen LogP contribution is 2.28. The van der Waals surface area contributed by atoms with Gasteiger partial charge in [0.2, 0.25) is 0 Å². The number of sulfone groups is 1. The molecule has 3 rings (SSSR count). The standard InChI is InChI=1S/C23H32N4O3S.HI/c1-4-24-23(25-17-19-9-11-20(12-10-19)18-31(3,28)29)27-15-13-26(14-16-27)21-7-5-6-8-22(21)30-2;/h5-12H,4,13-18H2,1-3H3,(H,24,25);1H. The minimum atomic E-state index is -3.02. The SMILES string of the molecule is CCNC(=NCc1ccc(CS(C)(=O)=O)cc1)N1CCN(c2ccccc2OC)CC1.I. The maximum Gasteiger partial charge on any atom is 0.194 e. The van der Waals surface area contributed by atoms with E-state index in [1.807, 2.05) is 42.5 Å². The summed E-state index contributed by atoms with van der Waals surface area (Å²) in [6.07, 6.45) is 1.25. The molecule has 0 amide bonds. The van der Waals surface area contributed by atoms with E-state index in [0.717, 1.165) is 61.2 Å². The fraction of sp³-hybridized carbons (Fsp3) is 0.435. The third-order valence-electron chi connectivity index (χ3n) is 5.20. The average Bonchev–Trinajstić information content (AvgIpc) is 2.77. The molecular weight excluding hydrogens is 539 g/mol. The van der Waals surface area contributed by atoms with Gasteiger partial charge in [0.15, 0.2) is 15.8 Å². The van der Waals surface area contributed by atoms with Gasteiger partial charge in [-0.25, -0.2) is 13.4 Å². The third kappa shape index (κ3) is 7.54. The van der Waals surface area contributed by atoms with E-state index in [9.17, 15) is 8.42 Å². The van der Waals surface area contributed by atoms with E-state index in [1.54, 1.807) is 7.11 Å². The second-order valence-electron chi connectivity index (χ2n) is 7.70. The van der Waals surface area contributed by atoms with Crippen LogP contribution in [0.4, 0.5) is 5.69 Å². The number of aliphatic imine (C=N–C) groups is 1. The Balaban J connectivity index is 0.00000363. The van der Waals surface area contributed by atoms with Gasteiger partial charge < -0.3 is 19.9 Å². The molecule has 7 nitrogen and oxygen atoms in total. The van der Waals surface area contributed by atoms with E-state index >= 15 is 0 Å². The summed E-state index contributed by atoms with van der Waals surface area (Å²) < 4.78 is 28.4. The molecule has 1 aliphatic heterocycles. The number of guanidine groups is 1. The Bertz CT molecular complexity index is 989. The van der Waals surface area contributed by atoms with Crippen LogP contribution in [0.1, 0.15) is 18.1 Å². The zero-order valence-corrected chi connectivity index (χ0v) is 22.1. The summed E-state index contributed by atoms with van der Waals surface area (Å²) in [5, 5.41) is 3.40. The first-order valence-corrected chi connectivity index (χ1v) is 12.6. The molecule has 0 saturated carbocycles. The van der Waals surface area contributed by atoms with Gasteiger partial charge in [-0.3, -0.25) is 0 Å². The van der Waals surface area contributed by atoms with Crippen molar-refractivity contribution in [3.8, 4) is 5.75 Å². The summed E-state index contributed by atoms with van der Waals surface area (Å²) in [7, 11) is -1.32. The molecule has 32 heavy (non-hydrogen) atoms. The Morgan fingerprint density at radius 2 is 1.66 bits per heavy atom. The molecule has 9 heteroatoms. The molecule has 0 radical (unpaired) electrons. The number of anilines is 1. The van der Waals surface area contributed by atoms with Crippen molar-refractivity contribution in [3.05, 3.63) is 59.7 Å². The van der Waals surface area contributed by atoms with Crippen LogP contribution in [0.25, 0.3) is 0 Å². The lowest BCUT2D eigenvalue weighted by atomic mass is 10.1. The van der Waals surface area contributed by atoms with Crippen LogP contribution < -0.4 is 15.0 Å². The molecule has 2 aromatic rings. The van der Waals surface area contributed by atoms with Crippen LogP contribution in [-0.4, -0.2) is 65.4 Å². The van der Waals surface area contributed by atoms with Crippen molar-refractivity contribution in [1.29, 1.82) is 0 Å². The average molecular weight is 573 g/mol. The molecule has 0 bridgehead atoms. The zero-order chi connectivity index (χ0) is 22.3.